The predicted octanol–water partition coefficient (Wildman–Crippen LogP) is 5.86. The van der Waals surface area contributed by atoms with Crippen molar-refractivity contribution in [2.24, 2.45) is 0 Å². The van der Waals surface area contributed by atoms with Crippen molar-refractivity contribution < 1.29 is 33.3 Å². The van der Waals surface area contributed by atoms with Gasteiger partial charge in [-0.25, -0.2) is 0 Å². The van der Waals surface area contributed by atoms with Crippen LogP contribution in [0.25, 0.3) is 6.08 Å². The third-order valence-corrected chi connectivity index (χ3v) is 7.40. The molecule has 3 N–H and O–H groups in total. The average Bonchev–Trinajstić information content (AvgIpc) is 3.07. The van der Waals surface area contributed by atoms with Gasteiger partial charge in [0.2, 0.25) is 5.91 Å². The van der Waals surface area contributed by atoms with E-state index < -0.39 is 11.8 Å². The van der Waals surface area contributed by atoms with Crippen LogP contribution >= 0.6 is 11.8 Å². The maximum absolute atomic E-state index is 13.4. The molecule has 0 heterocycles. The average molecular weight is 628 g/mol. The molecule has 0 aliphatic heterocycles. The lowest BCUT2D eigenvalue weighted by Crippen LogP contribution is -2.30. The molecule has 11 heteroatoms. The van der Waals surface area contributed by atoms with Crippen molar-refractivity contribution in [3.8, 4) is 23.0 Å². The van der Waals surface area contributed by atoms with Gasteiger partial charge in [0.1, 0.15) is 28.7 Å². The molecule has 0 aliphatic rings. The molecule has 4 aromatic carbocycles. The van der Waals surface area contributed by atoms with E-state index in [0.717, 1.165) is 4.90 Å². The zero-order valence-corrected chi connectivity index (χ0v) is 26.0. The van der Waals surface area contributed by atoms with Gasteiger partial charge in [0, 0.05) is 51.7 Å². The number of nitrogens with one attached hydrogen (secondary N) is 3. The van der Waals surface area contributed by atoms with Crippen molar-refractivity contribution in [3.63, 3.8) is 0 Å². The van der Waals surface area contributed by atoms with E-state index >= 15 is 0 Å². The molecule has 0 saturated carbocycles. The molecule has 0 spiro atoms. The van der Waals surface area contributed by atoms with Gasteiger partial charge in [0.25, 0.3) is 11.8 Å². The fourth-order valence-corrected chi connectivity index (χ4v) is 4.79. The molecule has 0 radical (unpaired) electrons. The molecule has 10 nitrogen and oxygen atoms in total. The number of ether oxygens (including phenoxy) is 4. The van der Waals surface area contributed by atoms with Gasteiger partial charge in [0.05, 0.1) is 34.2 Å². The highest BCUT2D eigenvalue weighted by Gasteiger charge is 2.17. The van der Waals surface area contributed by atoms with Gasteiger partial charge in [-0.2, -0.15) is 0 Å². The molecule has 45 heavy (non-hydrogen) atoms. The van der Waals surface area contributed by atoms with Crippen molar-refractivity contribution in [1.29, 1.82) is 0 Å². The Hall–Kier alpha value is -5.42. The van der Waals surface area contributed by atoms with E-state index in [1.54, 1.807) is 98.1 Å². The summed E-state index contributed by atoms with van der Waals surface area (Å²) in [6, 6.07) is 25.9. The molecular formula is C34H33N3O7S. The van der Waals surface area contributed by atoms with Gasteiger partial charge < -0.3 is 34.9 Å². The molecule has 4 rings (SSSR count). The van der Waals surface area contributed by atoms with Crippen LogP contribution in [0.4, 0.5) is 11.4 Å². The first-order valence-electron chi connectivity index (χ1n) is 13.7. The summed E-state index contributed by atoms with van der Waals surface area (Å²) in [5.41, 5.74) is 2.03. The molecular weight excluding hydrogens is 594 g/mol. The van der Waals surface area contributed by atoms with Crippen LogP contribution in [-0.2, 0) is 9.59 Å². The normalized spacial score (nSPS) is 10.8. The third-order valence-electron chi connectivity index (χ3n) is 6.39. The summed E-state index contributed by atoms with van der Waals surface area (Å²) in [5.74, 6) is 1.15. The molecule has 0 atom stereocenters. The first kappa shape index (κ1) is 32.5. The highest BCUT2D eigenvalue weighted by molar-refractivity contribution is 8.00. The van der Waals surface area contributed by atoms with Gasteiger partial charge in [-0.15, -0.1) is 11.8 Å². The first-order valence-corrected chi connectivity index (χ1v) is 14.7. The predicted molar refractivity (Wildman–Crippen MR) is 175 cm³/mol. The third kappa shape index (κ3) is 9.28. The van der Waals surface area contributed by atoms with E-state index in [2.05, 4.69) is 16.0 Å². The number of hydrogen-bond acceptors (Lipinski definition) is 8. The maximum atomic E-state index is 13.4. The summed E-state index contributed by atoms with van der Waals surface area (Å²) in [7, 11) is 6.13. The minimum atomic E-state index is -0.536. The van der Waals surface area contributed by atoms with Crippen molar-refractivity contribution >= 4 is 46.9 Å². The Morgan fingerprint density at radius 1 is 0.689 bits per heavy atom. The molecule has 0 aliphatic carbocycles. The molecule has 232 valence electrons. The molecule has 0 unspecified atom stereocenters. The van der Waals surface area contributed by atoms with E-state index in [1.165, 1.54) is 39.2 Å². The minimum absolute atomic E-state index is 0.0108. The molecule has 0 bridgehead atoms. The first-order chi connectivity index (χ1) is 21.8. The van der Waals surface area contributed by atoms with Gasteiger partial charge in [-0.05, 0) is 54.6 Å². The highest BCUT2D eigenvalue weighted by atomic mass is 32.2. The molecule has 0 aromatic heterocycles. The summed E-state index contributed by atoms with van der Waals surface area (Å²) in [5, 5.41) is 8.38. The van der Waals surface area contributed by atoms with Crippen molar-refractivity contribution in [2.75, 3.05) is 44.8 Å². The van der Waals surface area contributed by atoms with E-state index in [0.29, 0.717) is 45.5 Å². The second-order valence-electron chi connectivity index (χ2n) is 9.40. The van der Waals surface area contributed by atoms with Crippen LogP contribution in [0.5, 0.6) is 23.0 Å². The van der Waals surface area contributed by atoms with E-state index in [9.17, 15) is 14.4 Å². The van der Waals surface area contributed by atoms with Crippen LogP contribution in [0, 0.1) is 0 Å². The largest absolute Gasteiger partial charge is 0.497 e. The molecule has 4 aromatic rings. The summed E-state index contributed by atoms with van der Waals surface area (Å²) in [6.07, 6.45) is 1.54. The fraction of sp³-hybridized carbons (Fsp3) is 0.147. The van der Waals surface area contributed by atoms with Crippen molar-refractivity contribution in [3.05, 3.63) is 108 Å². The van der Waals surface area contributed by atoms with E-state index in [1.807, 2.05) is 0 Å². The lowest BCUT2D eigenvalue weighted by molar-refractivity contribution is -0.114. The lowest BCUT2D eigenvalue weighted by Gasteiger charge is -2.13. The zero-order valence-electron chi connectivity index (χ0n) is 25.2. The van der Waals surface area contributed by atoms with E-state index in [4.69, 9.17) is 18.9 Å². The topological polar surface area (TPSA) is 124 Å². The minimum Gasteiger partial charge on any atom is -0.497 e. The van der Waals surface area contributed by atoms with Crippen LogP contribution in [-0.4, -0.2) is 51.9 Å². The number of anilines is 2. The molecule has 3 amide bonds. The van der Waals surface area contributed by atoms with Crippen LogP contribution in [0.2, 0.25) is 0 Å². The number of carbonyl (C=O) groups is 3. The van der Waals surface area contributed by atoms with Crippen LogP contribution in [0.15, 0.2) is 102 Å². The Morgan fingerprint density at radius 2 is 1.36 bits per heavy atom. The highest BCUT2D eigenvalue weighted by Crippen LogP contribution is 2.28. The number of methoxy groups -OCH3 is 4. The Labute approximate surface area is 265 Å². The maximum Gasteiger partial charge on any atom is 0.272 e. The number of rotatable bonds is 13. The number of hydrogen-bond donors (Lipinski definition) is 3. The van der Waals surface area contributed by atoms with Crippen molar-refractivity contribution in [1.82, 2.24) is 5.32 Å². The number of benzene rings is 4. The summed E-state index contributed by atoms with van der Waals surface area (Å²) >= 11 is 1.34. The summed E-state index contributed by atoms with van der Waals surface area (Å²) in [6.45, 7) is 0. The molecule has 0 saturated heterocycles. The monoisotopic (exact) mass is 627 g/mol. The van der Waals surface area contributed by atoms with Crippen LogP contribution in [0.1, 0.15) is 15.9 Å². The number of amides is 3. The quantitative estimate of drug-likeness (QED) is 0.124. The van der Waals surface area contributed by atoms with Crippen LogP contribution in [0.3, 0.4) is 0 Å². The Bertz CT molecular complexity index is 1650. The number of thioether (sulfide) groups is 1. The van der Waals surface area contributed by atoms with Gasteiger partial charge in [-0.1, -0.05) is 18.2 Å². The Kier molecular flexibility index (Phi) is 11.5. The Balaban J connectivity index is 1.44. The fourth-order valence-electron chi connectivity index (χ4n) is 4.09. The number of carbonyl (C=O) groups excluding carboxylic acids is 3. The van der Waals surface area contributed by atoms with Gasteiger partial charge in [-0.3, -0.25) is 14.4 Å². The standard InChI is InChI=1S/C34H33N3O7S/c1-41-26-13-10-23(31(20-26)44-4)16-30(37-33(39)22-8-6-5-7-9-22)34(40)36-24-11-14-29(15-12-24)45-21-32(38)35-25-17-27(42-2)19-28(18-25)43-3/h5-20H,21H2,1-4H3,(H,35,38)(H,36,40)(H,37,39)/b30-16-. The summed E-state index contributed by atoms with van der Waals surface area (Å²) in [4.78, 5) is 39.8. The molecule has 0 fully saturated rings. The Morgan fingerprint density at radius 3 is 1.98 bits per heavy atom. The lowest BCUT2D eigenvalue weighted by atomic mass is 10.1. The SMILES string of the molecule is COc1cc(NC(=O)CSc2ccc(NC(=O)/C(=C/c3ccc(OC)cc3OC)NC(=O)c3ccccc3)cc2)cc(OC)c1. The van der Waals surface area contributed by atoms with Gasteiger partial charge >= 0.3 is 0 Å². The van der Waals surface area contributed by atoms with Crippen LogP contribution < -0.4 is 34.9 Å². The van der Waals surface area contributed by atoms with Crippen molar-refractivity contribution in [2.45, 2.75) is 4.90 Å². The van der Waals surface area contributed by atoms with E-state index in [-0.39, 0.29) is 17.4 Å². The second kappa shape index (κ2) is 15.9. The van der Waals surface area contributed by atoms with Gasteiger partial charge in [0.15, 0.2) is 0 Å². The smallest absolute Gasteiger partial charge is 0.272 e. The zero-order chi connectivity index (χ0) is 32.2. The second-order valence-corrected chi connectivity index (χ2v) is 10.5. The summed E-state index contributed by atoms with van der Waals surface area (Å²) < 4.78 is 21.2.